The number of piperidine rings is 1. The molecule has 0 bridgehead atoms. The molecule has 0 atom stereocenters. The Kier molecular flexibility index (Phi) is 4.12. The van der Waals surface area contributed by atoms with Gasteiger partial charge in [-0.3, -0.25) is 0 Å². The van der Waals surface area contributed by atoms with Crippen molar-refractivity contribution in [3.63, 3.8) is 0 Å². The van der Waals surface area contributed by atoms with Crippen LogP contribution in [0.25, 0.3) is 0 Å². The third kappa shape index (κ3) is 3.85. The number of hydrogen-bond acceptors (Lipinski definition) is 4. The van der Waals surface area contributed by atoms with Crippen molar-refractivity contribution in [2.45, 2.75) is 51.7 Å². The van der Waals surface area contributed by atoms with Crippen LogP contribution in [-0.2, 0) is 4.74 Å². The number of rotatable bonds is 2. The van der Waals surface area contributed by atoms with E-state index >= 15 is 0 Å². The minimum absolute atomic E-state index is 0.195. The highest BCUT2D eigenvalue weighted by atomic mass is 16.6. The summed E-state index contributed by atoms with van der Waals surface area (Å²) in [6, 6.07) is 0.399. The average Bonchev–Trinajstić information content (AvgIpc) is 2.21. The number of amides is 1. The summed E-state index contributed by atoms with van der Waals surface area (Å²) in [6.07, 6.45) is 3.69. The second-order valence-electron chi connectivity index (χ2n) is 6.26. The summed E-state index contributed by atoms with van der Waals surface area (Å²) in [5, 5.41) is 2.29. The van der Waals surface area contributed by atoms with Crippen molar-refractivity contribution < 1.29 is 9.53 Å². The molecule has 0 aromatic rings. The molecular formula is C13H25N3O2. The Labute approximate surface area is 109 Å². The molecule has 2 aliphatic rings. The number of ether oxygens (including phenoxy) is 1. The molecule has 2 saturated heterocycles. The molecule has 0 aliphatic carbocycles. The first-order valence-corrected chi connectivity index (χ1v) is 6.93. The summed E-state index contributed by atoms with van der Waals surface area (Å²) < 4.78 is 5.33. The monoisotopic (exact) mass is 255 g/mol. The second-order valence-corrected chi connectivity index (χ2v) is 6.26. The maximum Gasteiger partial charge on any atom is 0.410 e. The van der Waals surface area contributed by atoms with Gasteiger partial charge in [0.25, 0.3) is 0 Å². The summed E-state index contributed by atoms with van der Waals surface area (Å²) in [6.45, 7) is 9.46. The lowest BCUT2D eigenvalue weighted by Crippen LogP contribution is -2.64. The summed E-state index contributed by atoms with van der Waals surface area (Å²) in [5.41, 5.74) is 3.09. The van der Waals surface area contributed by atoms with Gasteiger partial charge in [0.15, 0.2) is 0 Å². The number of nitrogens with zero attached hydrogens (tertiary/aromatic N) is 2. The van der Waals surface area contributed by atoms with Crippen LogP contribution in [0.3, 0.4) is 0 Å². The number of hydrogen-bond donors (Lipinski definition) is 1. The highest BCUT2D eigenvalue weighted by molar-refractivity contribution is 5.69. The molecule has 0 aromatic carbocycles. The highest BCUT2D eigenvalue weighted by Gasteiger charge is 2.34. The lowest BCUT2D eigenvalue weighted by atomic mass is 10.1. The van der Waals surface area contributed by atoms with E-state index in [0.717, 1.165) is 26.2 Å². The van der Waals surface area contributed by atoms with E-state index in [9.17, 15) is 4.79 Å². The zero-order chi connectivity index (χ0) is 13.2. The first-order valence-electron chi connectivity index (χ1n) is 6.93. The molecule has 0 spiro atoms. The van der Waals surface area contributed by atoms with Crippen molar-refractivity contribution in [1.29, 1.82) is 0 Å². The van der Waals surface area contributed by atoms with E-state index in [4.69, 9.17) is 4.74 Å². The van der Waals surface area contributed by atoms with Crippen molar-refractivity contribution in [2.24, 2.45) is 0 Å². The number of hydrazine groups is 1. The first-order chi connectivity index (χ1) is 8.44. The Morgan fingerprint density at radius 1 is 1.17 bits per heavy atom. The Balaban J connectivity index is 1.65. The maximum atomic E-state index is 11.7. The zero-order valence-electron chi connectivity index (χ0n) is 11.7. The minimum Gasteiger partial charge on any atom is -0.444 e. The van der Waals surface area contributed by atoms with E-state index in [0.29, 0.717) is 6.04 Å². The molecule has 1 amide bonds. The minimum atomic E-state index is -0.400. The van der Waals surface area contributed by atoms with Crippen LogP contribution in [0.5, 0.6) is 0 Å². The molecule has 18 heavy (non-hydrogen) atoms. The van der Waals surface area contributed by atoms with Gasteiger partial charge < -0.3 is 9.64 Å². The summed E-state index contributed by atoms with van der Waals surface area (Å²) in [7, 11) is 0. The lowest BCUT2D eigenvalue weighted by molar-refractivity contribution is -0.00794. The predicted octanol–water partition coefficient (Wildman–Crippen LogP) is 1.60. The van der Waals surface area contributed by atoms with Crippen molar-refractivity contribution in [3.8, 4) is 0 Å². The summed E-state index contributed by atoms with van der Waals surface area (Å²) >= 11 is 0. The van der Waals surface area contributed by atoms with Crippen LogP contribution < -0.4 is 5.43 Å². The fourth-order valence-corrected chi connectivity index (χ4v) is 2.32. The van der Waals surface area contributed by atoms with E-state index in [-0.39, 0.29) is 6.09 Å². The van der Waals surface area contributed by atoms with Gasteiger partial charge in [0.1, 0.15) is 5.60 Å². The number of carbonyl (C=O) groups is 1. The second kappa shape index (κ2) is 5.45. The van der Waals surface area contributed by atoms with E-state index in [2.05, 4.69) is 10.4 Å². The molecule has 0 aromatic heterocycles. The largest absolute Gasteiger partial charge is 0.444 e. The van der Waals surface area contributed by atoms with Gasteiger partial charge in [-0.15, -0.1) is 0 Å². The van der Waals surface area contributed by atoms with Gasteiger partial charge in [-0.1, -0.05) is 6.42 Å². The van der Waals surface area contributed by atoms with Crippen molar-refractivity contribution in [1.82, 2.24) is 15.3 Å². The molecule has 5 nitrogen and oxygen atoms in total. The van der Waals surface area contributed by atoms with Gasteiger partial charge in [-0.2, -0.15) is 0 Å². The maximum absolute atomic E-state index is 11.7. The number of likely N-dealkylation sites (tertiary alicyclic amines) is 1. The van der Waals surface area contributed by atoms with Crippen LogP contribution in [0.4, 0.5) is 4.79 Å². The van der Waals surface area contributed by atoms with E-state index in [1.807, 2.05) is 20.8 Å². The van der Waals surface area contributed by atoms with Crippen molar-refractivity contribution in [2.75, 3.05) is 26.2 Å². The van der Waals surface area contributed by atoms with E-state index in [1.165, 1.54) is 19.3 Å². The third-order valence-electron chi connectivity index (χ3n) is 3.25. The zero-order valence-corrected chi connectivity index (χ0v) is 11.7. The van der Waals surface area contributed by atoms with Crippen LogP contribution in [-0.4, -0.2) is 53.8 Å². The Hall–Kier alpha value is -0.810. The van der Waals surface area contributed by atoms with Crippen LogP contribution in [0.2, 0.25) is 0 Å². The van der Waals surface area contributed by atoms with Gasteiger partial charge in [-0.25, -0.2) is 15.2 Å². The fraction of sp³-hybridized carbons (Fsp3) is 0.923. The van der Waals surface area contributed by atoms with Crippen molar-refractivity contribution in [3.05, 3.63) is 0 Å². The number of carbonyl (C=O) groups excluding carboxylic acids is 1. The first kappa shape index (κ1) is 13.6. The summed E-state index contributed by atoms with van der Waals surface area (Å²) in [4.78, 5) is 13.5. The topological polar surface area (TPSA) is 44.8 Å². The molecule has 2 heterocycles. The molecule has 0 unspecified atom stereocenters. The Bertz CT molecular complexity index is 289. The van der Waals surface area contributed by atoms with Gasteiger partial charge in [0, 0.05) is 26.2 Å². The number of nitrogens with one attached hydrogen (secondary N) is 1. The van der Waals surface area contributed by atoms with Gasteiger partial charge in [0.05, 0.1) is 6.04 Å². The lowest BCUT2D eigenvalue weighted by Gasteiger charge is -2.43. The van der Waals surface area contributed by atoms with Gasteiger partial charge in [-0.05, 0) is 33.6 Å². The molecule has 0 radical (unpaired) electrons. The highest BCUT2D eigenvalue weighted by Crippen LogP contribution is 2.16. The van der Waals surface area contributed by atoms with Gasteiger partial charge in [0.2, 0.25) is 0 Å². The standard InChI is InChI=1S/C13H25N3O2/c1-13(2,3)18-12(17)15-9-11(10-15)14-16-7-5-4-6-8-16/h11,14H,4-10H2,1-3H3. The molecule has 104 valence electrons. The molecule has 5 heteroatoms. The fourth-order valence-electron chi connectivity index (χ4n) is 2.32. The quantitative estimate of drug-likeness (QED) is 0.814. The average molecular weight is 255 g/mol. The summed E-state index contributed by atoms with van der Waals surface area (Å²) in [5.74, 6) is 0. The molecule has 2 aliphatic heterocycles. The molecule has 2 fully saturated rings. The molecule has 2 rings (SSSR count). The van der Waals surface area contributed by atoms with Crippen molar-refractivity contribution >= 4 is 6.09 Å². The molecule has 0 saturated carbocycles. The van der Waals surface area contributed by atoms with Crippen LogP contribution in [0.1, 0.15) is 40.0 Å². The molecular weight excluding hydrogens is 230 g/mol. The third-order valence-corrected chi connectivity index (χ3v) is 3.25. The molecule has 1 N–H and O–H groups in total. The van der Waals surface area contributed by atoms with E-state index in [1.54, 1.807) is 4.90 Å². The van der Waals surface area contributed by atoms with Crippen LogP contribution in [0, 0.1) is 0 Å². The smallest absolute Gasteiger partial charge is 0.410 e. The van der Waals surface area contributed by atoms with Crippen LogP contribution in [0.15, 0.2) is 0 Å². The van der Waals surface area contributed by atoms with Gasteiger partial charge >= 0.3 is 6.09 Å². The Morgan fingerprint density at radius 2 is 1.78 bits per heavy atom. The van der Waals surface area contributed by atoms with E-state index < -0.39 is 5.60 Å². The Morgan fingerprint density at radius 3 is 2.33 bits per heavy atom. The van der Waals surface area contributed by atoms with Crippen LogP contribution >= 0.6 is 0 Å². The SMILES string of the molecule is CC(C)(C)OC(=O)N1CC(NN2CCCCC2)C1. The normalized spacial score (nSPS) is 22.7. The predicted molar refractivity (Wildman–Crippen MR) is 70.2 cm³/mol.